The highest BCUT2D eigenvalue weighted by molar-refractivity contribution is 6.99. The molecule has 1 aromatic heterocycles. The molecule has 17 heavy (non-hydrogen) atoms. The van der Waals surface area contributed by atoms with Gasteiger partial charge in [0.25, 0.3) is 0 Å². The summed E-state index contributed by atoms with van der Waals surface area (Å²) in [4.78, 5) is 0. The monoisotopic (exact) mass is 287 g/mol. The van der Waals surface area contributed by atoms with E-state index < -0.39 is 0 Å². The number of hydrogen-bond acceptors (Lipinski definition) is 4. The summed E-state index contributed by atoms with van der Waals surface area (Å²) in [5.41, 5.74) is 1.68. The van der Waals surface area contributed by atoms with Crippen LogP contribution in [0.15, 0.2) is 18.2 Å². The van der Waals surface area contributed by atoms with Gasteiger partial charge in [0, 0.05) is 22.2 Å². The molecule has 6 heteroatoms. The van der Waals surface area contributed by atoms with Gasteiger partial charge in [0.05, 0.1) is 11.7 Å². The second kappa shape index (κ2) is 5.67. The van der Waals surface area contributed by atoms with Gasteiger partial charge in [-0.1, -0.05) is 30.1 Å². The van der Waals surface area contributed by atoms with Gasteiger partial charge in [0.2, 0.25) is 0 Å². The summed E-state index contributed by atoms with van der Waals surface area (Å²) < 4.78 is 8.50. The van der Waals surface area contributed by atoms with Crippen molar-refractivity contribution in [3.63, 3.8) is 0 Å². The van der Waals surface area contributed by atoms with Gasteiger partial charge >= 0.3 is 0 Å². The zero-order valence-electron chi connectivity index (χ0n) is 9.20. The van der Waals surface area contributed by atoms with Crippen LogP contribution in [0.3, 0.4) is 0 Å². The Labute approximate surface area is 114 Å². The fraction of sp³-hybridized carbons (Fsp3) is 0.273. The molecule has 0 aliphatic heterocycles. The molecule has 1 aromatic carbocycles. The number of rotatable bonds is 4. The van der Waals surface area contributed by atoms with Crippen molar-refractivity contribution >= 4 is 40.7 Å². The summed E-state index contributed by atoms with van der Waals surface area (Å²) in [6.07, 6.45) is 1.03. The molecule has 0 unspecified atom stereocenters. The summed E-state index contributed by atoms with van der Waals surface area (Å²) >= 11 is 13.1. The minimum atomic E-state index is 0.599. The van der Waals surface area contributed by atoms with Gasteiger partial charge in [0.15, 0.2) is 5.82 Å². The molecular formula is C11H11Cl2N3S. The lowest BCUT2D eigenvalue weighted by molar-refractivity contribution is 0.974. The van der Waals surface area contributed by atoms with E-state index in [0.717, 1.165) is 30.0 Å². The molecule has 0 radical (unpaired) electrons. The quantitative estimate of drug-likeness (QED) is 0.909. The van der Waals surface area contributed by atoms with Crippen molar-refractivity contribution in [1.82, 2.24) is 8.75 Å². The molecule has 1 heterocycles. The van der Waals surface area contributed by atoms with E-state index in [0.29, 0.717) is 10.0 Å². The molecule has 0 aliphatic rings. The molecule has 0 saturated carbocycles. The highest BCUT2D eigenvalue weighted by Crippen LogP contribution is 2.30. The molecule has 3 nitrogen and oxygen atoms in total. The summed E-state index contributed by atoms with van der Waals surface area (Å²) in [6, 6.07) is 5.37. The highest BCUT2D eigenvalue weighted by atomic mass is 35.5. The van der Waals surface area contributed by atoms with Gasteiger partial charge in [0.1, 0.15) is 5.69 Å². The van der Waals surface area contributed by atoms with Crippen molar-refractivity contribution in [2.75, 3.05) is 11.9 Å². The standard InChI is InChI=1S/C11H11Cl2N3S/c1-2-3-14-11-10(15-17-16-11)7-4-8(12)6-9(13)5-7/h4-6H,2-3H2,1H3,(H,14,16). The fourth-order valence-electron chi connectivity index (χ4n) is 1.43. The molecule has 0 fully saturated rings. The predicted octanol–water partition coefficient (Wildman–Crippen LogP) is 4.33. The van der Waals surface area contributed by atoms with Crippen LogP contribution in [0.5, 0.6) is 0 Å². The summed E-state index contributed by atoms with van der Waals surface area (Å²) in [6.45, 7) is 2.97. The Bertz CT molecular complexity index is 493. The van der Waals surface area contributed by atoms with Gasteiger partial charge in [-0.3, -0.25) is 0 Å². The zero-order valence-corrected chi connectivity index (χ0v) is 11.5. The van der Waals surface area contributed by atoms with Gasteiger partial charge in [-0.2, -0.15) is 8.75 Å². The van der Waals surface area contributed by atoms with Crippen LogP contribution in [0, 0.1) is 0 Å². The van der Waals surface area contributed by atoms with Crippen molar-refractivity contribution in [2.45, 2.75) is 13.3 Å². The highest BCUT2D eigenvalue weighted by Gasteiger charge is 2.11. The Morgan fingerprint density at radius 1 is 1.18 bits per heavy atom. The third kappa shape index (κ3) is 3.09. The number of nitrogens with one attached hydrogen (secondary N) is 1. The van der Waals surface area contributed by atoms with E-state index in [1.165, 1.54) is 11.7 Å². The van der Waals surface area contributed by atoms with Crippen LogP contribution < -0.4 is 5.32 Å². The second-order valence-electron chi connectivity index (χ2n) is 3.55. The van der Waals surface area contributed by atoms with Crippen molar-refractivity contribution in [3.8, 4) is 11.3 Å². The molecule has 2 rings (SSSR count). The Morgan fingerprint density at radius 3 is 2.53 bits per heavy atom. The van der Waals surface area contributed by atoms with E-state index in [-0.39, 0.29) is 0 Å². The van der Waals surface area contributed by atoms with Crippen LogP contribution in [-0.4, -0.2) is 15.3 Å². The number of halogens is 2. The van der Waals surface area contributed by atoms with Gasteiger partial charge in [-0.25, -0.2) is 0 Å². The first-order valence-corrected chi connectivity index (χ1v) is 6.72. The first-order chi connectivity index (χ1) is 8.20. The van der Waals surface area contributed by atoms with Crippen LogP contribution in [0.25, 0.3) is 11.3 Å². The number of hydrogen-bond donors (Lipinski definition) is 1. The largest absolute Gasteiger partial charge is 0.367 e. The zero-order chi connectivity index (χ0) is 12.3. The van der Waals surface area contributed by atoms with E-state index in [4.69, 9.17) is 23.2 Å². The smallest absolute Gasteiger partial charge is 0.168 e. The lowest BCUT2D eigenvalue weighted by Gasteiger charge is -2.04. The van der Waals surface area contributed by atoms with Crippen LogP contribution in [0.4, 0.5) is 5.82 Å². The second-order valence-corrected chi connectivity index (χ2v) is 4.95. The fourth-order valence-corrected chi connectivity index (χ4v) is 2.50. The number of benzene rings is 1. The maximum Gasteiger partial charge on any atom is 0.168 e. The summed E-state index contributed by atoms with van der Waals surface area (Å²) in [5, 5.41) is 4.43. The normalized spacial score (nSPS) is 10.5. The minimum Gasteiger partial charge on any atom is -0.367 e. The number of nitrogens with zero attached hydrogens (tertiary/aromatic N) is 2. The molecule has 0 bridgehead atoms. The maximum absolute atomic E-state index is 5.97. The lowest BCUT2D eigenvalue weighted by Crippen LogP contribution is -2.01. The van der Waals surface area contributed by atoms with Crippen LogP contribution in [-0.2, 0) is 0 Å². The number of anilines is 1. The van der Waals surface area contributed by atoms with Crippen molar-refractivity contribution in [1.29, 1.82) is 0 Å². The predicted molar refractivity (Wildman–Crippen MR) is 74.1 cm³/mol. The number of aromatic nitrogens is 2. The first kappa shape index (κ1) is 12.6. The third-order valence-corrected chi connectivity index (χ3v) is 3.13. The van der Waals surface area contributed by atoms with E-state index in [1.807, 2.05) is 12.1 Å². The van der Waals surface area contributed by atoms with Crippen LogP contribution in [0.2, 0.25) is 10.0 Å². The maximum atomic E-state index is 5.97. The van der Waals surface area contributed by atoms with E-state index >= 15 is 0 Å². The average Bonchev–Trinajstić information content (AvgIpc) is 2.73. The van der Waals surface area contributed by atoms with Crippen LogP contribution >= 0.6 is 34.9 Å². The molecule has 0 amide bonds. The molecular weight excluding hydrogens is 277 g/mol. The molecule has 0 aliphatic carbocycles. The van der Waals surface area contributed by atoms with Gasteiger partial charge in [-0.15, -0.1) is 0 Å². The topological polar surface area (TPSA) is 37.8 Å². The lowest BCUT2D eigenvalue weighted by atomic mass is 10.1. The average molecular weight is 288 g/mol. The minimum absolute atomic E-state index is 0.599. The molecule has 0 atom stereocenters. The Morgan fingerprint density at radius 2 is 1.88 bits per heavy atom. The Hall–Kier alpha value is -0.840. The molecule has 90 valence electrons. The third-order valence-electron chi connectivity index (χ3n) is 2.17. The Kier molecular flexibility index (Phi) is 4.20. The molecule has 2 aromatic rings. The summed E-state index contributed by atoms with van der Waals surface area (Å²) in [7, 11) is 0. The summed E-state index contributed by atoms with van der Waals surface area (Å²) in [5.74, 6) is 0.787. The van der Waals surface area contributed by atoms with Crippen molar-refractivity contribution < 1.29 is 0 Å². The van der Waals surface area contributed by atoms with Crippen LogP contribution in [0.1, 0.15) is 13.3 Å². The van der Waals surface area contributed by atoms with E-state index in [9.17, 15) is 0 Å². The van der Waals surface area contributed by atoms with E-state index in [2.05, 4.69) is 21.0 Å². The van der Waals surface area contributed by atoms with Crippen molar-refractivity contribution in [3.05, 3.63) is 28.2 Å². The molecule has 0 spiro atoms. The van der Waals surface area contributed by atoms with E-state index in [1.54, 1.807) is 6.07 Å². The Balaban J connectivity index is 2.35. The first-order valence-electron chi connectivity index (χ1n) is 5.23. The SMILES string of the molecule is CCCNc1nsnc1-c1cc(Cl)cc(Cl)c1. The van der Waals surface area contributed by atoms with Gasteiger partial charge < -0.3 is 5.32 Å². The van der Waals surface area contributed by atoms with Crippen molar-refractivity contribution in [2.24, 2.45) is 0 Å². The molecule has 0 saturated heterocycles. The molecule has 1 N–H and O–H groups in total. The van der Waals surface area contributed by atoms with Gasteiger partial charge in [-0.05, 0) is 24.6 Å².